The molecule has 1 fully saturated rings. The molecule has 0 N–H and O–H groups in total. The number of hydrogen-bond acceptors (Lipinski definition) is 6. The monoisotopic (exact) mass is 466 g/mol. The Morgan fingerprint density at radius 3 is 2.26 bits per heavy atom. The summed E-state index contributed by atoms with van der Waals surface area (Å²) in [6.07, 6.45) is 0. The average Bonchev–Trinajstić information content (AvgIpc) is 3.35. The van der Waals surface area contributed by atoms with Crippen molar-refractivity contribution in [3.63, 3.8) is 0 Å². The number of benzene rings is 2. The number of thiocarbonyl (C=S) groups is 1. The predicted molar refractivity (Wildman–Crippen MR) is 131 cm³/mol. The van der Waals surface area contributed by atoms with Crippen LogP contribution in [0, 0.1) is 0 Å². The van der Waals surface area contributed by atoms with Crippen LogP contribution in [-0.4, -0.2) is 34.6 Å². The van der Waals surface area contributed by atoms with Gasteiger partial charge in [0.2, 0.25) is 0 Å². The van der Waals surface area contributed by atoms with Gasteiger partial charge in [0.15, 0.2) is 5.11 Å². The Kier molecular flexibility index (Phi) is 4.76. The Hall–Kier alpha value is -2.88. The van der Waals surface area contributed by atoms with Crippen molar-refractivity contribution < 1.29 is 4.79 Å². The number of likely N-dealkylation sites (N-methyl/N-ethyl adjacent to an activating group) is 1. The van der Waals surface area contributed by atoms with Crippen molar-refractivity contribution in [3.8, 4) is 0 Å². The number of fused-ring (bicyclic) bond motifs is 1. The van der Waals surface area contributed by atoms with E-state index in [1.807, 2.05) is 66.5 Å². The first kappa shape index (κ1) is 20.0. The fraction of sp³-hybridized carbons (Fsp3) is 0.136. The molecule has 0 unspecified atom stereocenters. The van der Waals surface area contributed by atoms with E-state index < -0.39 is 0 Å². The molecular weight excluding hydrogens is 448 g/mol. The van der Waals surface area contributed by atoms with Crippen LogP contribution in [0.5, 0.6) is 0 Å². The van der Waals surface area contributed by atoms with Crippen molar-refractivity contribution in [1.29, 1.82) is 0 Å². The molecule has 156 valence electrons. The number of thiazole rings is 1. The van der Waals surface area contributed by atoms with E-state index in [0.717, 1.165) is 21.3 Å². The summed E-state index contributed by atoms with van der Waals surface area (Å²) in [5.74, 6) is -0.224. The second-order valence-electron chi connectivity index (χ2n) is 7.20. The quantitative estimate of drug-likeness (QED) is 0.512. The zero-order valence-electron chi connectivity index (χ0n) is 17.0. The third-order valence-electron chi connectivity index (χ3n) is 5.36. The summed E-state index contributed by atoms with van der Waals surface area (Å²) < 4.78 is 2.74. The number of amides is 1. The molecule has 0 saturated carbocycles. The van der Waals surface area contributed by atoms with Gasteiger partial charge in [-0.1, -0.05) is 42.1 Å². The molecule has 1 saturated heterocycles. The van der Waals surface area contributed by atoms with Crippen LogP contribution in [0.25, 0.3) is 10.7 Å². The summed E-state index contributed by atoms with van der Waals surface area (Å²) in [7, 11) is 5.32. The van der Waals surface area contributed by atoms with E-state index in [2.05, 4.69) is 0 Å². The maximum atomic E-state index is 13.3. The minimum atomic E-state index is -0.224. The van der Waals surface area contributed by atoms with Crippen LogP contribution in [0.4, 0.5) is 11.4 Å². The van der Waals surface area contributed by atoms with Gasteiger partial charge in [-0.05, 0) is 36.5 Å². The van der Waals surface area contributed by atoms with Crippen LogP contribution in [0.1, 0.15) is 0 Å². The Bertz CT molecular complexity index is 1420. The zero-order valence-corrected chi connectivity index (χ0v) is 19.5. The number of aromatic nitrogens is 1. The van der Waals surface area contributed by atoms with Crippen LogP contribution >= 0.6 is 35.3 Å². The first-order valence-corrected chi connectivity index (χ1v) is 11.6. The average molecular weight is 467 g/mol. The Labute approximate surface area is 192 Å². The number of nitrogens with zero attached hydrogens (tertiary/aromatic N) is 4. The maximum Gasteiger partial charge on any atom is 0.279 e. The fourth-order valence-corrected chi connectivity index (χ4v) is 6.43. The molecule has 0 bridgehead atoms. The molecule has 9 heteroatoms. The van der Waals surface area contributed by atoms with Crippen molar-refractivity contribution in [2.24, 2.45) is 7.05 Å². The van der Waals surface area contributed by atoms with Crippen molar-refractivity contribution in [1.82, 2.24) is 9.47 Å². The van der Waals surface area contributed by atoms with Crippen molar-refractivity contribution >= 4 is 68.4 Å². The molecule has 2 aliphatic rings. The molecule has 2 aliphatic heterocycles. The van der Waals surface area contributed by atoms with Crippen LogP contribution in [0.2, 0.25) is 0 Å². The third kappa shape index (κ3) is 2.95. The van der Waals surface area contributed by atoms with Gasteiger partial charge in [0.05, 0.1) is 5.69 Å². The van der Waals surface area contributed by atoms with Crippen molar-refractivity contribution in [2.75, 3.05) is 23.9 Å². The largest absolute Gasteiger partial charge is 0.337 e. The summed E-state index contributed by atoms with van der Waals surface area (Å²) in [5, 5.41) is 1.26. The Morgan fingerprint density at radius 1 is 0.871 bits per heavy atom. The fourth-order valence-electron chi connectivity index (χ4n) is 3.69. The minimum Gasteiger partial charge on any atom is -0.337 e. The molecule has 0 radical (unpaired) electrons. The number of rotatable bonds is 1. The maximum absolute atomic E-state index is 13.3. The first-order valence-electron chi connectivity index (χ1n) is 9.52. The summed E-state index contributed by atoms with van der Waals surface area (Å²) in [6, 6.07) is 17.6. The SMILES string of the molecule is CN1C(=O)/C(=c2\s/c(=C3\Sc4ccccc4N3C)c(=O)n2C)N(c2ccccc2)C1=S. The molecular formula is C22H18N4O2S3. The van der Waals surface area contributed by atoms with Crippen LogP contribution in [-0.2, 0) is 11.8 Å². The summed E-state index contributed by atoms with van der Waals surface area (Å²) >= 11 is 8.46. The van der Waals surface area contributed by atoms with Gasteiger partial charge in [-0.15, -0.1) is 11.3 Å². The summed E-state index contributed by atoms with van der Waals surface area (Å²) in [6.45, 7) is 0. The lowest BCUT2D eigenvalue weighted by Crippen LogP contribution is -2.34. The van der Waals surface area contributed by atoms with Gasteiger partial charge in [0.25, 0.3) is 11.5 Å². The molecule has 3 aromatic rings. The second kappa shape index (κ2) is 7.37. The zero-order chi connectivity index (χ0) is 21.9. The topological polar surface area (TPSA) is 48.8 Å². The van der Waals surface area contributed by atoms with E-state index >= 15 is 0 Å². The molecule has 5 rings (SSSR count). The number of carbonyl (C=O) groups excluding carboxylic acids is 1. The van der Waals surface area contributed by atoms with Crippen molar-refractivity contribution in [2.45, 2.75) is 4.90 Å². The molecule has 0 aliphatic carbocycles. The molecule has 1 aromatic heterocycles. The lowest BCUT2D eigenvalue weighted by atomic mass is 10.3. The predicted octanol–water partition coefficient (Wildman–Crippen LogP) is 2.13. The van der Waals surface area contributed by atoms with Gasteiger partial charge >= 0.3 is 0 Å². The first-order chi connectivity index (χ1) is 14.9. The van der Waals surface area contributed by atoms with Gasteiger partial charge in [-0.2, -0.15) is 0 Å². The molecule has 3 heterocycles. The normalized spacial score (nSPS) is 19.5. The number of thioether (sulfide) groups is 1. The minimum absolute atomic E-state index is 0.129. The van der Waals surface area contributed by atoms with E-state index in [9.17, 15) is 9.59 Å². The number of carbonyl (C=O) groups is 1. The highest BCUT2D eigenvalue weighted by atomic mass is 32.2. The smallest absolute Gasteiger partial charge is 0.279 e. The highest BCUT2D eigenvalue weighted by molar-refractivity contribution is 8.08. The van der Waals surface area contributed by atoms with Gasteiger partial charge in [0, 0.05) is 31.7 Å². The highest BCUT2D eigenvalue weighted by Gasteiger charge is 2.38. The van der Waals surface area contributed by atoms with E-state index in [-0.39, 0.29) is 11.5 Å². The van der Waals surface area contributed by atoms with Gasteiger partial charge in [0.1, 0.15) is 19.9 Å². The molecule has 2 aromatic carbocycles. The van der Waals surface area contributed by atoms with Gasteiger partial charge < -0.3 is 9.47 Å². The molecule has 31 heavy (non-hydrogen) atoms. The lowest BCUT2D eigenvalue weighted by Gasteiger charge is -2.18. The second-order valence-corrected chi connectivity index (χ2v) is 9.60. The molecule has 6 nitrogen and oxygen atoms in total. The van der Waals surface area contributed by atoms with E-state index in [1.165, 1.54) is 16.2 Å². The number of hydrogen-bond donors (Lipinski definition) is 0. The summed E-state index contributed by atoms with van der Waals surface area (Å²) in [5.41, 5.74) is 2.13. The van der Waals surface area contributed by atoms with E-state index in [0.29, 0.717) is 20.0 Å². The van der Waals surface area contributed by atoms with Crippen LogP contribution in [0.3, 0.4) is 0 Å². The van der Waals surface area contributed by atoms with Gasteiger partial charge in [-0.3, -0.25) is 19.4 Å². The highest BCUT2D eigenvalue weighted by Crippen LogP contribution is 2.44. The van der Waals surface area contributed by atoms with E-state index in [4.69, 9.17) is 12.2 Å². The summed E-state index contributed by atoms with van der Waals surface area (Å²) in [4.78, 5) is 32.8. The molecule has 1 amide bonds. The Morgan fingerprint density at radius 2 is 1.55 bits per heavy atom. The molecule has 0 spiro atoms. The third-order valence-corrected chi connectivity index (χ3v) is 8.42. The van der Waals surface area contributed by atoms with Crippen LogP contribution in [0.15, 0.2) is 64.3 Å². The lowest BCUT2D eigenvalue weighted by molar-refractivity contribution is -0.119. The number of anilines is 2. The Balaban J connectivity index is 1.80. The standard InChI is InChI=1S/C22H18N4O2S3/c1-23-14-11-7-8-12-15(14)30-21(23)17-19(28)24(2)20(31-17)16-18(27)25(3)22(29)26(16)13-9-5-4-6-10-13/h4-12H,1-3H3/b20-16+,21-17-. The number of para-hydroxylation sites is 2. The molecule has 0 atom stereocenters. The van der Waals surface area contributed by atoms with Crippen molar-refractivity contribution in [3.05, 3.63) is 74.1 Å². The van der Waals surface area contributed by atoms with Gasteiger partial charge in [-0.25, -0.2) is 0 Å². The van der Waals surface area contributed by atoms with Crippen LogP contribution < -0.4 is 24.6 Å². The van der Waals surface area contributed by atoms with E-state index in [1.54, 1.807) is 35.3 Å².